The molecule has 214 valence electrons. The number of hydroxylamine groups is 1. The fourth-order valence-electron chi connectivity index (χ4n) is 5.50. The van der Waals surface area contributed by atoms with Gasteiger partial charge in [-0.25, -0.2) is 0 Å². The lowest BCUT2D eigenvalue weighted by Gasteiger charge is -2.32. The fraction of sp³-hybridized carbons (Fsp3) is 0.621. The monoisotopic (exact) mass is 572 g/mol. The summed E-state index contributed by atoms with van der Waals surface area (Å²) < 4.78 is 3.38. The highest BCUT2D eigenvalue weighted by Gasteiger charge is 2.26. The Kier molecular flexibility index (Phi) is 14.2. The van der Waals surface area contributed by atoms with E-state index in [2.05, 4.69) is 56.6 Å². The summed E-state index contributed by atoms with van der Waals surface area (Å²) in [7, 11) is 1.34. The number of ketones is 1. The standard InChI is InChI=1S/C27H41N4O3.CH2OS.CH3.Al/c1-19(32)26(17-21-9-12-22-6-2-3-7-23(22)16-21)30-24-13-10-20(11-14-24)18-29-27(33)25(31-34)8-4-5-15-28;2-1-3;;/h6-7,9,12,16,20,24-26,28,30-31,34H,2-5,8,10-11,13-15,17-18H2,1H3,(H,29,33);1H,(H,2,3);1H3;/q-1;;;+2/p-1. The van der Waals surface area contributed by atoms with Gasteiger partial charge in [0.05, 0.1) is 6.04 Å². The minimum atomic E-state index is -1.23. The molecule has 2 aliphatic carbocycles. The molecule has 0 aromatic heterocycles. The molecule has 1 aromatic rings. The highest BCUT2D eigenvalue weighted by atomic mass is 32.3. The third kappa shape index (κ3) is 11.1. The van der Waals surface area contributed by atoms with Crippen molar-refractivity contribution in [1.82, 2.24) is 20.4 Å². The van der Waals surface area contributed by atoms with Crippen LogP contribution < -0.4 is 30.9 Å². The van der Waals surface area contributed by atoms with Crippen molar-refractivity contribution in [2.75, 3.05) is 13.1 Å². The van der Waals surface area contributed by atoms with Crippen molar-refractivity contribution in [3.8, 4) is 0 Å². The van der Waals surface area contributed by atoms with Crippen LogP contribution >= 0.6 is 10.1 Å². The molecule has 1 amide bonds. The second-order valence-electron chi connectivity index (χ2n) is 11.0. The summed E-state index contributed by atoms with van der Waals surface area (Å²) in [5.41, 5.74) is 4.25. The number of nitrogens with one attached hydrogen (secondary N) is 4. The maximum absolute atomic E-state index is 12.6. The summed E-state index contributed by atoms with van der Waals surface area (Å²) in [5, 5.41) is 18.7. The molecular formula is C29H45AlN4O4S. The number of hydrogen-bond donors (Lipinski definition) is 5. The summed E-state index contributed by atoms with van der Waals surface area (Å²) in [6, 6.07) is 6.05. The van der Waals surface area contributed by atoms with Gasteiger partial charge in [-0.2, -0.15) is 15.6 Å². The molecule has 0 heterocycles. The average Bonchev–Trinajstić information content (AvgIpc) is 2.94. The van der Waals surface area contributed by atoms with Gasteiger partial charge in [0.1, 0.15) is 11.8 Å². The van der Waals surface area contributed by atoms with Crippen molar-refractivity contribution >= 4 is 52.8 Å². The summed E-state index contributed by atoms with van der Waals surface area (Å²) in [5.74, 6) is 2.48. The first kappa shape index (κ1) is 32.0. The van der Waals surface area contributed by atoms with Crippen LogP contribution in [0.1, 0.15) is 70.3 Å². The Balaban J connectivity index is 1.36. The van der Waals surface area contributed by atoms with Crippen LogP contribution in [0.3, 0.4) is 0 Å². The summed E-state index contributed by atoms with van der Waals surface area (Å²) in [4.78, 5) is 35.6. The smallest absolute Gasteiger partial charge is 0.390 e. The van der Waals surface area contributed by atoms with E-state index in [1.165, 1.54) is 26.1 Å². The molecule has 39 heavy (non-hydrogen) atoms. The van der Waals surface area contributed by atoms with Gasteiger partial charge in [-0.3, -0.25) is 14.4 Å². The lowest BCUT2D eigenvalue weighted by molar-refractivity contribution is -0.126. The summed E-state index contributed by atoms with van der Waals surface area (Å²) >= 11 is -1.23. The van der Waals surface area contributed by atoms with E-state index in [0.717, 1.165) is 63.5 Å². The predicted octanol–water partition coefficient (Wildman–Crippen LogP) is 1.95. The Labute approximate surface area is 240 Å². The number of fused-ring (bicyclic) bond motifs is 1. The van der Waals surface area contributed by atoms with E-state index < -0.39 is 19.3 Å². The van der Waals surface area contributed by atoms with Crippen LogP contribution in [0.2, 0.25) is 5.79 Å². The zero-order valence-electron chi connectivity index (χ0n) is 23.4. The number of carbonyl (C=O) groups is 3. The van der Waals surface area contributed by atoms with Crippen LogP contribution in [0.5, 0.6) is 0 Å². The second kappa shape index (κ2) is 17.3. The van der Waals surface area contributed by atoms with Gasteiger partial charge < -0.3 is 20.1 Å². The maximum Gasteiger partial charge on any atom is 0.461 e. The van der Waals surface area contributed by atoms with Gasteiger partial charge in [-0.1, -0.05) is 42.6 Å². The largest absolute Gasteiger partial charge is 0.461 e. The first-order valence-corrected chi connectivity index (χ1v) is 18.5. The molecule has 10 heteroatoms. The lowest BCUT2D eigenvalue weighted by Crippen LogP contribution is -2.47. The highest BCUT2D eigenvalue weighted by molar-refractivity contribution is 8.34. The Morgan fingerprint density at radius 3 is 2.54 bits per heavy atom. The average molecular weight is 573 g/mol. The highest BCUT2D eigenvalue weighted by Crippen LogP contribution is 2.24. The van der Waals surface area contributed by atoms with E-state index in [1.54, 1.807) is 6.92 Å². The molecule has 1 saturated carbocycles. The number of amides is 1. The molecule has 0 bridgehead atoms. The second-order valence-corrected chi connectivity index (χ2v) is 16.0. The fourth-order valence-corrected chi connectivity index (χ4v) is 7.51. The van der Waals surface area contributed by atoms with E-state index in [0.29, 0.717) is 31.3 Å². The van der Waals surface area contributed by atoms with Crippen molar-refractivity contribution in [3.05, 3.63) is 34.2 Å². The maximum atomic E-state index is 12.6. The van der Waals surface area contributed by atoms with Crippen molar-refractivity contribution in [2.45, 2.75) is 95.0 Å². The minimum Gasteiger partial charge on any atom is -0.390 e. The van der Waals surface area contributed by atoms with Gasteiger partial charge in [-0.15, -0.1) is 0 Å². The summed E-state index contributed by atoms with van der Waals surface area (Å²) in [6.07, 6.45) is 13.7. The van der Waals surface area contributed by atoms with Crippen molar-refractivity contribution in [3.63, 3.8) is 0 Å². The molecule has 8 nitrogen and oxygen atoms in total. The molecule has 1 fully saturated rings. The number of carbonyl (C=O) groups excluding carboxylic acids is 3. The van der Waals surface area contributed by atoms with Crippen LogP contribution in [0.25, 0.3) is 12.2 Å². The molecule has 0 spiro atoms. The number of benzene rings is 1. The SMILES string of the molecule is CC(=O)C(Cc1ccc2c(c1)=CCCC=2)NC1CCC(CNC(=O)C(CCCC[NH][Al]([CH3])[S]C=O)NO)CC1. The summed E-state index contributed by atoms with van der Waals surface area (Å²) in [6.45, 7) is 3.10. The number of Topliss-reactive ketones (excluding diaryl/α,β-unsaturated/α-hetero) is 1. The topological polar surface area (TPSA) is 120 Å². The zero-order chi connectivity index (χ0) is 28.0. The third-order valence-electron chi connectivity index (χ3n) is 7.91. The molecular weight excluding hydrogens is 527 g/mol. The minimum absolute atomic E-state index is 0.165. The normalized spacial score (nSPS) is 20.1. The van der Waals surface area contributed by atoms with E-state index >= 15 is 0 Å². The van der Waals surface area contributed by atoms with Crippen LogP contribution in [-0.2, 0) is 20.8 Å². The van der Waals surface area contributed by atoms with Crippen LogP contribution in [0, 0.1) is 5.92 Å². The van der Waals surface area contributed by atoms with Gasteiger partial charge in [-0.05, 0) is 93.2 Å². The Hall–Kier alpha value is -1.51. The molecule has 5 N–H and O–H groups in total. The molecule has 0 saturated heterocycles. The van der Waals surface area contributed by atoms with E-state index in [1.807, 2.05) is 0 Å². The van der Waals surface area contributed by atoms with Gasteiger partial charge in [0.15, 0.2) is 5.62 Å². The third-order valence-corrected chi connectivity index (χ3v) is 11.3. The van der Waals surface area contributed by atoms with Gasteiger partial charge in [0.25, 0.3) is 0 Å². The molecule has 2 aliphatic rings. The van der Waals surface area contributed by atoms with E-state index in [4.69, 9.17) is 0 Å². The first-order valence-electron chi connectivity index (χ1n) is 14.4. The number of unbranched alkanes of at least 4 members (excludes halogenated alkanes) is 1. The quantitative estimate of drug-likeness (QED) is 0.0832. The Morgan fingerprint density at radius 1 is 1.10 bits per heavy atom. The molecule has 1 aromatic carbocycles. The first-order chi connectivity index (χ1) is 18.9. The van der Waals surface area contributed by atoms with E-state index in [-0.39, 0.29) is 17.7 Å². The molecule has 0 aliphatic heterocycles. The van der Waals surface area contributed by atoms with Gasteiger partial charge in [0.2, 0.25) is 5.91 Å². The zero-order valence-corrected chi connectivity index (χ0v) is 25.4. The van der Waals surface area contributed by atoms with Crippen molar-refractivity contribution < 1.29 is 19.6 Å². The molecule has 0 radical (unpaired) electrons. The molecule has 2 unspecified atom stereocenters. The van der Waals surface area contributed by atoms with E-state index in [9.17, 15) is 19.6 Å². The van der Waals surface area contributed by atoms with Crippen LogP contribution in [0.15, 0.2) is 18.2 Å². The Bertz CT molecular complexity index is 1060. The van der Waals surface area contributed by atoms with Crippen molar-refractivity contribution in [1.29, 1.82) is 0 Å². The molecule has 2 atom stereocenters. The number of hydrogen-bond acceptors (Lipinski definition) is 8. The predicted molar refractivity (Wildman–Crippen MR) is 160 cm³/mol. The van der Waals surface area contributed by atoms with Gasteiger partial charge in [0, 0.05) is 12.6 Å². The number of rotatable bonds is 17. The van der Waals surface area contributed by atoms with Crippen LogP contribution in [0.4, 0.5) is 0 Å². The molecule has 3 rings (SSSR count). The lowest BCUT2D eigenvalue weighted by atomic mass is 9.85. The van der Waals surface area contributed by atoms with Crippen LogP contribution in [-0.4, -0.2) is 67.0 Å². The van der Waals surface area contributed by atoms with Crippen molar-refractivity contribution in [2.24, 2.45) is 5.92 Å². The van der Waals surface area contributed by atoms with Gasteiger partial charge >= 0.3 is 13.2 Å². The Morgan fingerprint density at radius 2 is 1.85 bits per heavy atom.